The molecule has 26 heavy (non-hydrogen) atoms. The molecule has 0 spiro atoms. The normalized spacial score (nSPS) is 15.6. The lowest BCUT2D eigenvalue weighted by molar-refractivity contribution is 0.213. The molecule has 0 unspecified atom stereocenters. The lowest BCUT2D eigenvalue weighted by Gasteiger charge is -2.42. The molecule has 0 bridgehead atoms. The summed E-state index contributed by atoms with van der Waals surface area (Å²) >= 11 is 0. The van der Waals surface area contributed by atoms with Gasteiger partial charge in [0.05, 0.1) is 6.57 Å². The fraction of sp³-hybridized carbons (Fsp3) is 0.458. The first-order valence-corrected chi connectivity index (χ1v) is 9.88. The molecule has 140 valence electrons. The van der Waals surface area contributed by atoms with E-state index in [1.54, 1.807) is 0 Å². The van der Waals surface area contributed by atoms with E-state index in [4.69, 9.17) is 6.57 Å². The maximum Gasteiger partial charge on any atom is 0.187 e. The number of piperidine rings is 1. The second-order valence-electron chi connectivity index (χ2n) is 6.41. The van der Waals surface area contributed by atoms with Crippen molar-refractivity contribution in [1.82, 2.24) is 4.90 Å². The Hall–Kier alpha value is -2.11. The zero-order valence-corrected chi connectivity index (χ0v) is 17.3. The van der Waals surface area contributed by atoms with Crippen molar-refractivity contribution in [3.05, 3.63) is 76.6 Å². The highest BCUT2D eigenvalue weighted by Gasteiger charge is 2.36. The van der Waals surface area contributed by atoms with Crippen molar-refractivity contribution in [2.45, 2.75) is 52.9 Å². The molecule has 0 saturated carbocycles. The van der Waals surface area contributed by atoms with Crippen molar-refractivity contribution in [3.63, 3.8) is 0 Å². The summed E-state index contributed by atoms with van der Waals surface area (Å²) in [5.41, 5.74) is 4.87. The molecule has 2 aromatic carbocycles. The summed E-state index contributed by atoms with van der Waals surface area (Å²) in [5.74, 6) is 0. The molecule has 0 amide bonds. The van der Waals surface area contributed by atoms with Crippen LogP contribution in [0, 0.1) is 13.5 Å². The van der Waals surface area contributed by atoms with Gasteiger partial charge in [-0.3, -0.25) is 0 Å². The Bertz CT molecular complexity index is 687. The highest BCUT2D eigenvalue weighted by Crippen LogP contribution is 2.42. The lowest BCUT2D eigenvalue weighted by atomic mass is 9.68. The maximum atomic E-state index is 7.14. The number of hydrogen-bond acceptors (Lipinski definition) is 1. The van der Waals surface area contributed by atoms with E-state index >= 15 is 0 Å². The van der Waals surface area contributed by atoms with E-state index in [1.165, 1.54) is 16.7 Å². The van der Waals surface area contributed by atoms with Gasteiger partial charge in [-0.05, 0) is 51.0 Å². The molecular weight excluding hydrogens is 316 g/mol. The molecule has 0 N–H and O–H groups in total. The first-order valence-electron chi connectivity index (χ1n) is 9.88. The minimum absolute atomic E-state index is 0.0824. The van der Waals surface area contributed by atoms with Crippen molar-refractivity contribution in [3.8, 4) is 0 Å². The van der Waals surface area contributed by atoms with E-state index in [1.807, 2.05) is 39.8 Å². The van der Waals surface area contributed by atoms with Gasteiger partial charge in [-0.2, -0.15) is 0 Å². The van der Waals surface area contributed by atoms with Gasteiger partial charge < -0.3 is 4.90 Å². The number of benzene rings is 2. The maximum absolute atomic E-state index is 7.14. The third kappa shape index (κ3) is 4.96. The third-order valence-corrected chi connectivity index (χ3v) is 4.96. The summed E-state index contributed by atoms with van der Waals surface area (Å²) in [6.07, 6.45) is 2.26. The van der Waals surface area contributed by atoms with E-state index in [9.17, 15) is 0 Å². The molecule has 0 atom stereocenters. The molecular formula is C24H34N2. The van der Waals surface area contributed by atoms with Crippen LogP contribution in [0.4, 0.5) is 5.69 Å². The molecule has 0 radical (unpaired) electrons. The van der Waals surface area contributed by atoms with Gasteiger partial charge in [0.2, 0.25) is 0 Å². The summed E-state index contributed by atoms with van der Waals surface area (Å²) in [4.78, 5) is 5.92. The summed E-state index contributed by atoms with van der Waals surface area (Å²) in [5, 5.41) is 0. The Balaban J connectivity index is 0.000000791. The van der Waals surface area contributed by atoms with Gasteiger partial charge in [0.15, 0.2) is 5.69 Å². The van der Waals surface area contributed by atoms with Gasteiger partial charge in [0.25, 0.3) is 0 Å². The Morgan fingerprint density at radius 3 is 1.96 bits per heavy atom. The van der Waals surface area contributed by atoms with E-state index in [0.29, 0.717) is 0 Å². The molecule has 2 heteroatoms. The fourth-order valence-corrected chi connectivity index (χ4v) is 3.54. The monoisotopic (exact) mass is 350 g/mol. The number of nitrogens with zero attached hydrogens (tertiary/aromatic N) is 2. The molecule has 1 fully saturated rings. The predicted molar refractivity (Wildman–Crippen MR) is 114 cm³/mol. The lowest BCUT2D eigenvalue weighted by Crippen LogP contribution is -2.41. The van der Waals surface area contributed by atoms with Crippen LogP contribution in [0.2, 0.25) is 0 Å². The van der Waals surface area contributed by atoms with Crippen LogP contribution < -0.4 is 0 Å². The summed E-state index contributed by atoms with van der Waals surface area (Å²) < 4.78 is 0. The zero-order chi connectivity index (χ0) is 19.6. The van der Waals surface area contributed by atoms with Crippen molar-refractivity contribution in [2.75, 3.05) is 20.1 Å². The van der Waals surface area contributed by atoms with Crippen LogP contribution >= 0.6 is 0 Å². The van der Waals surface area contributed by atoms with Crippen LogP contribution in [0.25, 0.3) is 4.85 Å². The van der Waals surface area contributed by atoms with E-state index in [2.05, 4.69) is 60.1 Å². The average molecular weight is 351 g/mol. The van der Waals surface area contributed by atoms with Gasteiger partial charge in [0, 0.05) is 5.41 Å². The number of aryl methyl sites for hydroxylation is 1. The van der Waals surface area contributed by atoms with Crippen molar-refractivity contribution < 1.29 is 0 Å². The predicted octanol–water partition coefficient (Wildman–Crippen LogP) is 6.61. The second kappa shape index (κ2) is 10.8. The third-order valence-electron chi connectivity index (χ3n) is 4.96. The Morgan fingerprint density at radius 1 is 0.885 bits per heavy atom. The van der Waals surface area contributed by atoms with E-state index in [0.717, 1.165) is 31.6 Å². The standard InChI is InChI=1S/C20H22N2.2C2H6/c1-16-5-4-6-18(15-16)20(11-13-22(3)14-12-20)17-7-9-19(21-2)10-8-17;2*1-2/h4-10,15H,11-14H2,1,3H3;2*1-2H3. The molecule has 1 saturated heterocycles. The minimum Gasteiger partial charge on any atom is -0.306 e. The summed E-state index contributed by atoms with van der Waals surface area (Å²) in [6.45, 7) is 19.5. The second-order valence-corrected chi connectivity index (χ2v) is 6.41. The molecule has 0 aliphatic carbocycles. The quantitative estimate of drug-likeness (QED) is 0.553. The van der Waals surface area contributed by atoms with Gasteiger partial charge in [-0.15, -0.1) is 0 Å². The SMILES string of the molecule is CC.CC.[C-]#[N+]c1ccc(C2(c3cccc(C)c3)CCN(C)CC2)cc1. The fourth-order valence-electron chi connectivity index (χ4n) is 3.54. The molecule has 1 heterocycles. The topological polar surface area (TPSA) is 7.60 Å². The molecule has 2 nitrogen and oxygen atoms in total. The average Bonchev–Trinajstić information content (AvgIpc) is 2.72. The van der Waals surface area contributed by atoms with Crippen LogP contribution in [0.5, 0.6) is 0 Å². The Labute approximate surface area is 160 Å². The minimum atomic E-state index is 0.0824. The molecule has 1 aliphatic rings. The molecule has 0 aromatic heterocycles. The highest BCUT2D eigenvalue weighted by atomic mass is 15.1. The number of likely N-dealkylation sites (tertiary alicyclic amines) is 1. The van der Waals surface area contributed by atoms with Crippen LogP contribution in [0.15, 0.2) is 48.5 Å². The van der Waals surface area contributed by atoms with Gasteiger partial charge in [-0.1, -0.05) is 81.8 Å². The Kier molecular flexibility index (Phi) is 9.10. The first-order chi connectivity index (χ1) is 12.6. The van der Waals surface area contributed by atoms with Gasteiger partial charge in [0.1, 0.15) is 0 Å². The van der Waals surface area contributed by atoms with Gasteiger partial charge >= 0.3 is 0 Å². The van der Waals surface area contributed by atoms with E-state index < -0.39 is 0 Å². The van der Waals surface area contributed by atoms with Crippen LogP contribution in [-0.4, -0.2) is 25.0 Å². The van der Waals surface area contributed by atoms with Gasteiger partial charge in [-0.25, -0.2) is 4.85 Å². The van der Waals surface area contributed by atoms with E-state index in [-0.39, 0.29) is 5.41 Å². The Morgan fingerprint density at radius 2 is 1.46 bits per heavy atom. The van der Waals surface area contributed by atoms with Crippen LogP contribution in [0.3, 0.4) is 0 Å². The van der Waals surface area contributed by atoms with Crippen molar-refractivity contribution in [1.29, 1.82) is 0 Å². The smallest absolute Gasteiger partial charge is 0.187 e. The molecule has 1 aliphatic heterocycles. The molecule has 3 rings (SSSR count). The summed E-state index contributed by atoms with van der Waals surface area (Å²) in [6, 6.07) is 17.1. The largest absolute Gasteiger partial charge is 0.306 e. The number of rotatable bonds is 2. The number of hydrogen-bond donors (Lipinski definition) is 0. The van der Waals surface area contributed by atoms with Crippen molar-refractivity contribution >= 4 is 5.69 Å². The summed E-state index contributed by atoms with van der Waals surface area (Å²) in [7, 11) is 2.20. The zero-order valence-electron chi connectivity index (χ0n) is 17.3. The van der Waals surface area contributed by atoms with Crippen LogP contribution in [-0.2, 0) is 5.41 Å². The van der Waals surface area contributed by atoms with Crippen LogP contribution in [0.1, 0.15) is 57.2 Å². The first kappa shape index (κ1) is 21.9. The highest BCUT2D eigenvalue weighted by molar-refractivity contribution is 5.50. The molecule has 2 aromatic rings. The van der Waals surface area contributed by atoms with Crippen molar-refractivity contribution in [2.24, 2.45) is 0 Å².